The first-order valence-corrected chi connectivity index (χ1v) is 11.3. The maximum atomic E-state index is 13.4. The van der Waals surface area contributed by atoms with Crippen LogP contribution in [0.15, 0.2) is 18.2 Å². The molecule has 0 spiro atoms. The van der Waals surface area contributed by atoms with Gasteiger partial charge in [0.1, 0.15) is 0 Å². The van der Waals surface area contributed by atoms with Gasteiger partial charge in [0, 0.05) is 37.3 Å². The monoisotopic (exact) mass is 464 g/mol. The summed E-state index contributed by atoms with van der Waals surface area (Å²) in [6, 6.07) is 5.23. The summed E-state index contributed by atoms with van der Waals surface area (Å²) < 4.78 is 40.2. The number of nitrogens with two attached hydrogens (primary N) is 1. The molecule has 9 heteroatoms. The number of piperidine rings is 1. The summed E-state index contributed by atoms with van der Waals surface area (Å²) in [6.45, 7) is 7.72. The van der Waals surface area contributed by atoms with Gasteiger partial charge in [-0.25, -0.2) is 0 Å². The third-order valence-electron chi connectivity index (χ3n) is 7.42. The number of hydrogen-bond donors (Lipinski definition) is 1. The molecule has 2 aliphatic heterocycles. The van der Waals surface area contributed by atoms with Crippen molar-refractivity contribution in [1.29, 1.82) is 5.26 Å². The van der Waals surface area contributed by atoms with E-state index in [-0.39, 0.29) is 24.3 Å². The zero-order valence-electron chi connectivity index (χ0n) is 19.3. The van der Waals surface area contributed by atoms with Gasteiger partial charge < -0.3 is 15.5 Å². The number of alkyl halides is 3. The standard InChI is InChI=1S/C24H31F3N4O2/c1-4-23(2,3)22(33)30-9-7-15(8-10-30)18-13-31(14-19(18)21(29)32)17-6-5-16(12-28)20(11-17)24(25,26)27/h5-6,11,15,18-19H,4,7-10,13-14H2,1-3H3,(H2,29,32)/t18-,19+/m0/s1. The van der Waals surface area contributed by atoms with E-state index >= 15 is 0 Å². The molecule has 2 fully saturated rings. The number of nitrogens with zero attached hydrogens (tertiary/aromatic N) is 3. The Morgan fingerprint density at radius 3 is 2.33 bits per heavy atom. The Morgan fingerprint density at radius 1 is 1.18 bits per heavy atom. The fourth-order valence-corrected chi connectivity index (χ4v) is 4.99. The summed E-state index contributed by atoms with van der Waals surface area (Å²) in [5.41, 5.74) is 4.18. The lowest BCUT2D eigenvalue weighted by Gasteiger charge is -2.39. The molecule has 0 aromatic heterocycles. The highest BCUT2D eigenvalue weighted by Gasteiger charge is 2.43. The molecule has 2 saturated heterocycles. The predicted molar refractivity (Wildman–Crippen MR) is 118 cm³/mol. The van der Waals surface area contributed by atoms with E-state index in [1.807, 2.05) is 25.7 Å². The highest BCUT2D eigenvalue weighted by molar-refractivity contribution is 5.82. The number of primary amides is 1. The first-order chi connectivity index (χ1) is 15.4. The van der Waals surface area contributed by atoms with Crippen LogP contribution in [0.2, 0.25) is 0 Å². The number of amides is 2. The first kappa shape index (κ1) is 24.9. The molecule has 0 radical (unpaired) electrons. The van der Waals surface area contributed by atoms with Gasteiger partial charge in [-0.2, -0.15) is 18.4 Å². The summed E-state index contributed by atoms with van der Waals surface area (Å²) in [7, 11) is 0. The molecule has 33 heavy (non-hydrogen) atoms. The lowest BCUT2D eigenvalue weighted by Crippen LogP contribution is -2.47. The van der Waals surface area contributed by atoms with Crippen molar-refractivity contribution in [2.75, 3.05) is 31.1 Å². The van der Waals surface area contributed by atoms with Gasteiger partial charge in [0.05, 0.1) is 23.1 Å². The molecule has 1 aromatic rings. The fourth-order valence-electron chi connectivity index (χ4n) is 4.99. The van der Waals surface area contributed by atoms with Gasteiger partial charge in [-0.3, -0.25) is 9.59 Å². The van der Waals surface area contributed by atoms with Crippen molar-refractivity contribution in [2.45, 2.75) is 46.2 Å². The van der Waals surface area contributed by atoms with Gasteiger partial charge >= 0.3 is 6.18 Å². The van der Waals surface area contributed by atoms with E-state index in [2.05, 4.69) is 0 Å². The summed E-state index contributed by atoms with van der Waals surface area (Å²) in [5, 5.41) is 9.04. The van der Waals surface area contributed by atoms with E-state index in [1.165, 1.54) is 12.1 Å². The van der Waals surface area contributed by atoms with Gasteiger partial charge in [0.25, 0.3) is 0 Å². The van der Waals surface area contributed by atoms with E-state index in [0.29, 0.717) is 25.3 Å². The number of carbonyl (C=O) groups excluding carboxylic acids is 2. The second kappa shape index (κ2) is 9.24. The molecule has 2 atom stereocenters. The number of nitriles is 1. The topological polar surface area (TPSA) is 90.4 Å². The van der Waals surface area contributed by atoms with Crippen LogP contribution in [-0.2, 0) is 15.8 Å². The summed E-state index contributed by atoms with van der Waals surface area (Å²) in [6.07, 6.45) is -2.43. The number of halogens is 3. The highest BCUT2D eigenvalue weighted by Crippen LogP contribution is 2.40. The van der Waals surface area contributed by atoms with Crippen LogP contribution in [0.1, 0.15) is 51.2 Å². The molecule has 2 aliphatic rings. The Bertz CT molecular complexity index is 946. The largest absolute Gasteiger partial charge is 0.417 e. The lowest BCUT2D eigenvalue weighted by molar-refractivity contribution is -0.142. The Kier molecular flexibility index (Phi) is 6.96. The van der Waals surface area contributed by atoms with Crippen LogP contribution in [-0.4, -0.2) is 42.9 Å². The first-order valence-electron chi connectivity index (χ1n) is 11.3. The van der Waals surface area contributed by atoms with Gasteiger partial charge in [-0.15, -0.1) is 0 Å². The molecule has 0 saturated carbocycles. The van der Waals surface area contributed by atoms with Crippen LogP contribution in [0, 0.1) is 34.5 Å². The molecule has 0 aliphatic carbocycles. The summed E-state index contributed by atoms with van der Waals surface area (Å²) in [5.74, 6) is -0.752. The van der Waals surface area contributed by atoms with Crippen LogP contribution >= 0.6 is 0 Å². The minimum atomic E-state index is -4.64. The molecule has 2 heterocycles. The van der Waals surface area contributed by atoms with Crippen LogP contribution in [0.25, 0.3) is 0 Å². The Balaban J connectivity index is 1.76. The Hall–Kier alpha value is -2.76. The van der Waals surface area contributed by atoms with Crippen molar-refractivity contribution in [2.24, 2.45) is 28.9 Å². The second-order valence-electron chi connectivity index (χ2n) is 9.78. The minimum absolute atomic E-state index is 0.0936. The van der Waals surface area contributed by atoms with E-state index in [9.17, 15) is 22.8 Å². The normalized spacial score (nSPS) is 22.3. The molecule has 180 valence electrons. The van der Waals surface area contributed by atoms with Gasteiger partial charge in [0.2, 0.25) is 11.8 Å². The quantitative estimate of drug-likeness (QED) is 0.718. The molecule has 6 nitrogen and oxygen atoms in total. The fraction of sp³-hybridized carbons (Fsp3) is 0.625. The van der Waals surface area contributed by atoms with Crippen molar-refractivity contribution >= 4 is 17.5 Å². The number of carbonyl (C=O) groups is 2. The van der Waals surface area contributed by atoms with Crippen molar-refractivity contribution in [3.05, 3.63) is 29.3 Å². The maximum Gasteiger partial charge on any atom is 0.417 e. The van der Waals surface area contributed by atoms with E-state index < -0.39 is 34.5 Å². The zero-order valence-corrected chi connectivity index (χ0v) is 19.3. The number of anilines is 1. The maximum absolute atomic E-state index is 13.4. The number of hydrogen-bond acceptors (Lipinski definition) is 4. The van der Waals surface area contributed by atoms with Gasteiger partial charge in [0.15, 0.2) is 0 Å². The van der Waals surface area contributed by atoms with Crippen molar-refractivity contribution in [3.63, 3.8) is 0 Å². The Labute approximate surface area is 192 Å². The number of benzene rings is 1. The van der Waals surface area contributed by atoms with Crippen molar-refractivity contribution < 1.29 is 22.8 Å². The molecule has 0 unspecified atom stereocenters. The average molecular weight is 465 g/mol. The van der Waals surface area contributed by atoms with E-state index in [4.69, 9.17) is 11.0 Å². The number of likely N-dealkylation sites (tertiary alicyclic amines) is 1. The van der Waals surface area contributed by atoms with Crippen LogP contribution in [0.5, 0.6) is 0 Å². The molecule has 1 aromatic carbocycles. The van der Waals surface area contributed by atoms with E-state index in [0.717, 1.165) is 25.3 Å². The minimum Gasteiger partial charge on any atom is -0.370 e. The smallest absolute Gasteiger partial charge is 0.370 e. The molecule has 2 N–H and O–H groups in total. The molecule has 2 amide bonds. The third kappa shape index (κ3) is 5.10. The number of rotatable bonds is 5. The van der Waals surface area contributed by atoms with Gasteiger partial charge in [-0.05, 0) is 49.3 Å². The van der Waals surface area contributed by atoms with Crippen LogP contribution < -0.4 is 10.6 Å². The predicted octanol–water partition coefficient (Wildman–Crippen LogP) is 3.79. The molecular formula is C24H31F3N4O2. The zero-order chi connectivity index (χ0) is 24.6. The molecular weight excluding hydrogens is 433 g/mol. The molecule has 0 bridgehead atoms. The summed E-state index contributed by atoms with van der Waals surface area (Å²) in [4.78, 5) is 28.6. The van der Waals surface area contributed by atoms with E-state index in [1.54, 1.807) is 11.0 Å². The third-order valence-corrected chi connectivity index (χ3v) is 7.42. The van der Waals surface area contributed by atoms with Crippen molar-refractivity contribution in [3.8, 4) is 6.07 Å². The second-order valence-corrected chi connectivity index (χ2v) is 9.78. The lowest BCUT2D eigenvalue weighted by atomic mass is 9.77. The highest BCUT2D eigenvalue weighted by atomic mass is 19.4. The molecule has 3 rings (SSSR count). The van der Waals surface area contributed by atoms with Gasteiger partial charge in [-0.1, -0.05) is 20.8 Å². The van der Waals surface area contributed by atoms with Crippen LogP contribution in [0.3, 0.4) is 0 Å². The average Bonchev–Trinajstić information content (AvgIpc) is 3.23. The van der Waals surface area contributed by atoms with Crippen molar-refractivity contribution in [1.82, 2.24) is 4.90 Å². The summed E-state index contributed by atoms with van der Waals surface area (Å²) >= 11 is 0. The SMILES string of the molecule is CCC(C)(C)C(=O)N1CCC([C@@H]2CN(c3ccc(C#N)c(C(F)(F)F)c3)C[C@H]2C(N)=O)CC1. The van der Waals surface area contributed by atoms with Crippen LogP contribution in [0.4, 0.5) is 18.9 Å². The Morgan fingerprint density at radius 2 is 1.82 bits per heavy atom.